The first kappa shape index (κ1) is 7.92. The predicted molar refractivity (Wildman–Crippen MR) is 34.3 cm³/mol. The van der Waals surface area contributed by atoms with Gasteiger partial charge in [0.15, 0.2) is 0 Å². The third-order valence-corrected chi connectivity index (χ3v) is 0.965. The molecule has 0 aliphatic heterocycles. The van der Waals surface area contributed by atoms with Gasteiger partial charge < -0.3 is 5.11 Å². The maximum atomic E-state index is 8.24. The van der Waals surface area contributed by atoms with Crippen molar-refractivity contribution in [2.45, 2.75) is 19.3 Å². The van der Waals surface area contributed by atoms with Gasteiger partial charge in [0.05, 0.1) is 6.73 Å². The minimum absolute atomic E-state index is 0.0944. The third kappa shape index (κ3) is 5.92. The summed E-state index contributed by atoms with van der Waals surface area (Å²) in [6, 6.07) is 0. The Hall–Kier alpha value is -0.0800. The lowest BCUT2D eigenvalue weighted by Gasteiger charge is -1.96. The summed E-state index contributed by atoms with van der Waals surface area (Å²) in [7, 11) is 0. The van der Waals surface area contributed by atoms with Crippen LogP contribution in [-0.4, -0.2) is 18.4 Å². The molecule has 0 saturated heterocycles. The van der Waals surface area contributed by atoms with Crippen molar-refractivity contribution in [3.05, 3.63) is 6.92 Å². The van der Waals surface area contributed by atoms with Crippen LogP contribution in [0.5, 0.6) is 0 Å². The molecule has 0 saturated carbocycles. The molecule has 0 bridgehead atoms. The second kappa shape index (κ2) is 6.92. The fourth-order valence-corrected chi connectivity index (χ4v) is 0.506. The lowest BCUT2D eigenvalue weighted by molar-refractivity contribution is 0.260. The van der Waals surface area contributed by atoms with Gasteiger partial charge in [-0.3, -0.25) is 5.32 Å². The largest absolute Gasteiger partial charge is 0.381 e. The zero-order chi connectivity index (χ0) is 6.24. The van der Waals surface area contributed by atoms with E-state index in [0.717, 1.165) is 25.8 Å². The molecule has 0 aromatic carbocycles. The van der Waals surface area contributed by atoms with E-state index >= 15 is 0 Å². The molecule has 0 fully saturated rings. The van der Waals surface area contributed by atoms with Crippen LogP contribution < -0.4 is 5.32 Å². The zero-order valence-electron chi connectivity index (χ0n) is 5.19. The number of rotatable bonds is 5. The standard InChI is InChI=1S/C6H14NO/c1-2-3-4-5-7-6-8/h7-8H,1-6H2. The highest BCUT2D eigenvalue weighted by Gasteiger charge is 1.82. The quantitative estimate of drug-likeness (QED) is 0.405. The van der Waals surface area contributed by atoms with E-state index in [4.69, 9.17) is 5.11 Å². The summed E-state index contributed by atoms with van der Waals surface area (Å²) in [5.74, 6) is 0. The molecule has 0 unspecified atom stereocenters. The van der Waals surface area contributed by atoms with Gasteiger partial charge in [0, 0.05) is 0 Å². The Morgan fingerprint density at radius 3 is 2.62 bits per heavy atom. The molecule has 0 aromatic heterocycles. The van der Waals surface area contributed by atoms with Gasteiger partial charge in [-0.05, 0) is 13.0 Å². The van der Waals surface area contributed by atoms with Crippen molar-refractivity contribution >= 4 is 0 Å². The number of nitrogens with one attached hydrogen (secondary N) is 1. The van der Waals surface area contributed by atoms with Gasteiger partial charge in [0.1, 0.15) is 0 Å². The molecule has 0 aliphatic carbocycles. The van der Waals surface area contributed by atoms with Crippen molar-refractivity contribution in [1.82, 2.24) is 5.32 Å². The van der Waals surface area contributed by atoms with E-state index in [2.05, 4.69) is 12.2 Å². The summed E-state index contributed by atoms with van der Waals surface area (Å²) in [4.78, 5) is 0. The zero-order valence-corrected chi connectivity index (χ0v) is 5.19. The van der Waals surface area contributed by atoms with Crippen LogP contribution in [0.1, 0.15) is 19.3 Å². The first-order valence-corrected chi connectivity index (χ1v) is 3.02. The van der Waals surface area contributed by atoms with E-state index in [0.29, 0.717) is 0 Å². The number of hydrogen-bond donors (Lipinski definition) is 2. The lowest BCUT2D eigenvalue weighted by Crippen LogP contribution is -2.15. The summed E-state index contributed by atoms with van der Waals surface area (Å²) < 4.78 is 0. The summed E-state index contributed by atoms with van der Waals surface area (Å²) in [6.07, 6.45) is 3.25. The Balaban J connectivity index is 2.53. The van der Waals surface area contributed by atoms with Crippen molar-refractivity contribution in [1.29, 1.82) is 0 Å². The normalized spacial score (nSPS) is 9.75. The van der Waals surface area contributed by atoms with Crippen molar-refractivity contribution in [3.63, 3.8) is 0 Å². The first-order chi connectivity index (χ1) is 3.91. The van der Waals surface area contributed by atoms with E-state index in [1.54, 1.807) is 0 Å². The van der Waals surface area contributed by atoms with E-state index < -0.39 is 0 Å². The summed E-state index contributed by atoms with van der Waals surface area (Å²) >= 11 is 0. The Labute approximate surface area is 50.9 Å². The molecule has 0 spiro atoms. The van der Waals surface area contributed by atoms with Gasteiger partial charge in [0.2, 0.25) is 0 Å². The molecule has 1 radical (unpaired) electrons. The fraction of sp³-hybridized carbons (Fsp3) is 0.833. The summed E-state index contributed by atoms with van der Waals surface area (Å²) in [6.45, 7) is 4.70. The highest BCUT2D eigenvalue weighted by molar-refractivity contribution is 4.44. The van der Waals surface area contributed by atoms with Gasteiger partial charge in [-0.15, -0.1) is 0 Å². The molecule has 2 N–H and O–H groups in total. The molecule has 0 aliphatic rings. The van der Waals surface area contributed by atoms with E-state index in [1.807, 2.05) is 0 Å². The Morgan fingerprint density at radius 1 is 1.38 bits per heavy atom. The molecular weight excluding hydrogens is 102 g/mol. The maximum Gasteiger partial charge on any atom is 0.0931 e. The van der Waals surface area contributed by atoms with Crippen LogP contribution >= 0.6 is 0 Å². The number of aliphatic hydroxyl groups is 1. The SMILES string of the molecule is [CH2]CCCCNCO. The Morgan fingerprint density at radius 2 is 2.12 bits per heavy atom. The minimum Gasteiger partial charge on any atom is -0.381 e. The highest BCUT2D eigenvalue weighted by Crippen LogP contribution is 1.89. The second-order valence-corrected chi connectivity index (χ2v) is 1.72. The van der Waals surface area contributed by atoms with Crippen LogP contribution in [0.25, 0.3) is 0 Å². The monoisotopic (exact) mass is 116 g/mol. The maximum absolute atomic E-state index is 8.24. The molecule has 0 heterocycles. The van der Waals surface area contributed by atoms with Crippen LogP contribution in [0, 0.1) is 6.92 Å². The van der Waals surface area contributed by atoms with E-state index in [1.165, 1.54) is 0 Å². The molecule has 0 amide bonds. The van der Waals surface area contributed by atoms with Crippen molar-refractivity contribution in [2.75, 3.05) is 13.3 Å². The number of unbranched alkanes of at least 4 members (excludes halogenated alkanes) is 2. The molecule has 2 nitrogen and oxygen atoms in total. The number of hydrogen-bond acceptors (Lipinski definition) is 2. The van der Waals surface area contributed by atoms with Crippen LogP contribution in [0.3, 0.4) is 0 Å². The van der Waals surface area contributed by atoms with Gasteiger partial charge in [-0.1, -0.05) is 19.8 Å². The smallest absolute Gasteiger partial charge is 0.0931 e. The van der Waals surface area contributed by atoms with Gasteiger partial charge >= 0.3 is 0 Å². The van der Waals surface area contributed by atoms with Crippen molar-refractivity contribution in [2.24, 2.45) is 0 Å². The van der Waals surface area contributed by atoms with E-state index in [9.17, 15) is 0 Å². The van der Waals surface area contributed by atoms with Gasteiger partial charge in [-0.25, -0.2) is 0 Å². The Bertz CT molecular complexity index is 33.5. The number of aliphatic hydroxyl groups excluding tert-OH is 1. The van der Waals surface area contributed by atoms with Gasteiger partial charge in [0.25, 0.3) is 0 Å². The predicted octanol–water partition coefficient (Wildman–Crippen LogP) is 0.530. The average Bonchev–Trinajstić information content (AvgIpc) is 1.81. The molecule has 0 aromatic rings. The van der Waals surface area contributed by atoms with Gasteiger partial charge in [-0.2, -0.15) is 0 Å². The molecule has 49 valence electrons. The van der Waals surface area contributed by atoms with Crippen molar-refractivity contribution < 1.29 is 5.11 Å². The van der Waals surface area contributed by atoms with Crippen LogP contribution in [0.2, 0.25) is 0 Å². The van der Waals surface area contributed by atoms with Crippen LogP contribution in [0.15, 0.2) is 0 Å². The second-order valence-electron chi connectivity index (χ2n) is 1.72. The fourth-order valence-electron chi connectivity index (χ4n) is 0.506. The summed E-state index contributed by atoms with van der Waals surface area (Å²) in [5, 5.41) is 11.0. The Kier molecular flexibility index (Phi) is 6.85. The topological polar surface area (TPSA) is 32.3 Å². The lowest BCUT2D eigenvalue weighted by atomic mass is 10.2. The molecule has 0 atom stereocenters. The minimum atomic E-state index is 0.0944. The molecular formula is C6H14NO. The third-order valence-electron chi connectivity index (χ3n) is 0.965. The van der Waals surface area contributed by atoms with Crippen molar-refractivity contribution in [3.8, 4) is 0 Å². The highest BCUT2D eigenvalue weighted by atomic mass is 16.3. The van der Waals surface area contributed by atoms with E-state index in [-0.39, 0.29) is 6.73 Å². The molecule has 8 heavy (non-hydrogen) atoms. The average molecular weight is 116 g/mol. The first-order valence-electron chi connectivity index (χ1n) is 3.02. The molecule has 2 heteroatoms. The molecule has 0 rings (SSSR count). The van der Waals surface area contributed by atoms with Crippen LogP contribution in [-0.2, 0) is 0 Å². The summed E-state index contributed by atoms with van der Waals surface area (Å²) in [5.41, 5.74) is 0. The van der Waals surface area contributed by atoms with Crippen LogP contribution in [0.4, 0.5) is 0 Å².